The molecule has 0 radical (unpaired) electrons. The molecule has 18 heavy (non-hydrogen) atoms. The molecule has 1 aromatic carbocycles. The first kappa shape index (κ1) is 12.2. The van der Waals surface area contributed by atoms with Gasteiger partial charge >= 0.3 is 6.09 Å². The van der Waals surface area contributed by atoms with Crippen molar-refractivity contribution in [3.05, 3.63) is 23.8 Å². The smallest absolute Gasteiger partial charge is 0.407 e. The highest BCUT2D eigenvalue weighted by Gasteiger charge is 2.16. The van der Waals surface area contributed by atoms with Crippen molar-refractivity contribution >= 4 is 12.4 Å². The number of aldehydes is 1. The molecular weight excluding hydrogens is 238 g/mol. The van der Waals surface area contributed by atoms with E-state index in [1.165, 1.54) is 7.11 Å². The molecule has 0 saturated heterocycles. The third-order valence-corrected chi connectivity index (χ3v) is 2.55. The number of rotatable bonds is 4. The van der Waals surface area contributed by atoms with Crippen LogP contribution in [0.1, 0.15) is 5.56 Å². The van der Waals surface area contributed by atoms with E-state index in [1.54, 1.807) is 12.1 Å². The van der Waals surface area contributed by atoms with Gasteiger partial charge in [0.05, 0.1) is 13.2 Å². The first-order chi connectivity index (χ1) is 8.72. The Balaban J connectivity index is 2.03. The summed E-state index contributed by atoms with van der Waals surface area (Å²) in [7, 11) is 1.25. The average molecular weight is 251 g/mol. The summed E-state index contributed by atoms with van der Waals surface area (Å²) in [5, 5.41) is 2.43. The molecule has 1 amide bonds. The van der Waals surface area contributed by atoms with Crippen LogP contribution in [0.15, 0.2) is 18.2 Å². The Hall–Kier alpha value is -2.24. The second-order valence-corrected chi connectivity index (χ2v) is 3.77. The predicted octanol–water partition coefficient (Wildman–Crippen LogP) is 0.881. The van der Waals surface area contributed by atoms with Crippen molar-refractivity contribution in [3.8, 4) is 11.5 Å². The van der Waals surface area contributed by atoms with Crippen molar-refractivity contribution in [1.29, 1.82) is 0 Å². The van der Waals surface area contributed by atoms with Gasteiger partial charge in [-0.05, 0) is 24.1 Å². The Morgan fingerprint density at radius 1 is 1.50 bits per heavy atom. The summed E-state index contributed by atoms with van der Waals surface area (Å²) in [6.45, 7) is 0.205. The highest BCUT2D eigenvalue weighted by Crippen LogP contribution is 2.32. The standard InChI is InChI=1S/C12H13NO5/c1-16-12(15)13-9(6-14)4-8-2-3-10-11(5-8)18-7-17-10/h2-3,5-6,9H,4,7H2,1H3,(H,13,15)/t9-/m0/s1. The van der Waals surface area contributed by atoms with Gasteiger partial charge in [-0.3, -0.25) is 0 Å². The zero-order valence-corrected chi connectivity index (χ0v) is 9.84. The van der Waals surface area contributed by atoms with Crippen LogP contribution in [0.25, 0.3) is 0 Å². The van der Waals surface area contributed by atoms with Gasteiger partial charge in [0.1, 0.15) is 6.29 Å². The number of nitrogens with one attached hydrogen (secondary N) is 1. The Morgan fingerprint density at radius 2 is 2.28 bits per heavy atom. The molecule has 0 saturated carbocycles. The van der Waals surface area contributed by atoms with Crippen molar-refractivity contribution in [3.63, 3.8) is 0 Å². The van der Waals surface area contributed by atoms with Gasteiger partial charge in [0.2, 0.25) is 6.79 Å². The number of alkyl carbamates (subject to hydrolysis) is 1. The van der Waals surface area contributed by atoms with Crippen LogP contribution in [0.4, 0.5) is 4.79 Å². The summed E-state index contributed by atoms with van der Waals surface area (Å²) >= 11 is 0. The number of carbonyl (C=O) groups is 2. The Labute approximate surface area is 104 Å². The van der Waals surface area contributed by atoms with Gasteiger partial charge in [0.25, 0.3) is 0 Å². The fourth-order valence-corrected chi connectivity index (χ4v) is 1.67. The topological polar surface area (TPSA) is 73.9 Å². The van der Waals surface area contributed by atoms with Crippen molar-refractivity contribution in [2.75, 3.05) is 13.9 Å². The van der Waals surface area contributed by atoms with E-state index in [9.17, 15) is 9.59 Å². The maximum absolute atomic E-state index is 11.0. The van der Waals surface area contributed by atoms with Gasteiger partial charge in [-0.25, -0.2) is 4.79 Å². The van der Waals surface area contributed by atoms with Crippen LogP contribution < -0.4 is 14.8 Å². The van der Waals surface area contributed by atoms with Crippen LogP contribution in [0.5, 0.6) is 11.5 Å². The largest absolute Gasteiger partial charge is 0.454 e. The average Bonchev–Trinajstić information content (AvgIpc) is 2.85. The molecule has 1 N–H and O–H groups in total. The van der Waals surface area contributed by atoms with Gasteiger partial charge in [-0.1, -0.05) is 6.07 Å². The molecule has 1 heterocycles. The molecule has 1 aliphatic heterocycles. The third-order valence-electron chi connectivity index (χ3n) is 2.55. The van der Waals surface area contributed by atoms with E-state index in [-0.39, 0.29) is 6.79 Å². The van der Waals surface area contributed by atoms with Crippen LogP contribution in [0, 0.1) is 0 Å². The van der Waals surface area contributed by atoms with E-state index < -0.39 is 12.1 Å². The summed E-state index contributed by atoms with van der Waals surface area (Å²) in [6.07, 6.45) is 0.407. The first-order valence-electron chi connectivity index (χ1n) is 5.41. The number of hydrogen-bond acceptors (Lipinski definition) is 5. The molecule has 0 unspecified atom stereocenters. The molecule has 96 valence electrons. The maximum Gasteiger partial charge on any atom is 0.407 e. The quantitative estimate of drug-likeness (QED) is 0.804. The fourth-order valence-electron chi connectivity index (χ4n) is 1.67. The Morgan fingerprint density at radius 3 is 3.00 bits per heavy atom. The third kappa shape index (κ3) is 2.71. The predicted molar refractivity (Wildman–Crippen MR) is 61.7 cm³/mol. The van der Waals surface area contributed by atoms with E-state index in [1.807, 2.05) is 6.07 Å². The number of fused-ring (bicyclic) bond motifs is 1. The zero-order chi connectivity index (χ0) is 13.0. The summed E-state index contributed by atoms with van der Waals surface area (Å²) in [5.74, 6) is 1.33. The first-order valence-corrected chi connectivity index (χ1v) is 5.41. The summed E-state index contributed by atoms with van der Waals surface area (Å²) in [5.41, 5.74) is 0.868. The zero-order valence-electron chi connectivity index (χ0n) is 9.84. The lowest BCUT2D eigenvalue weighted by Crippen LogP contribution is -2.37. The molecule has 6 heteroatoms. The number of carbonyl (C=O) groups excluding carboxylic acids is 2. The molecule has 0 bridgehead atoms. The summed E-state index contributed by atoms with van der Waals surface area (Å²) < 4.78 is 14.9. The molecule has 1 aliphatic rings. The summed E-state index contributed by atoms with van der Waals surface area (Å²) in [4.78, 5) is 21.9. The van der Waals surface area contributed by atoms with Crippen LogP contribution in [-0.4, -0.2) is 32.3 Å². The Kier molecular flexibility index (Phi) is 3.66. The molecule has 1 aromatic rings. The second kappa shape index (κ2) is 5.39. The minimum atomic E-state index is -0.632. The molecule has 6 nitrogen and oxygen atoms in total. The van der Waals surface area contributed by atoms with Gasteiger partial charge in [-0.2, -0.15) is 0 Å². The number of methoxy groups -OCH3 is 1. The minimum absolute atomic E-state index is 0.205. The van der Waals surface area contributed by atoms with Crippen molar-refractivity contribution in [2.45, 2.75) is 12.5 Å². The van der Waals surface area contributed by atoms with Crippen LogP contribution in [0.2, 0.25) is 0 Å². The van der Waals surface area contributed by atoms with Crippen LogP contribution >= 0.6 is 0 Å². The van der Waals surface area contributed by atoms with E-state index in [2.05, 4.69) is 10.1 Å². The Bertz CT molecular complexity index is 460. The fraction of sp³-hybridized carbons (Fsp3) is 0.333. The molecule has 1 atom stereocenters. The normalized spacial score (nSPS) is 13.8. The SMILES string of the molecule is COC(=O)N[C@H](C=O)Cc1ccc2c(c1)OCO2. The lowest BCUT2D eigenvalue weighted by molar-refractivity contribution is -0.109. The molecule has 0 aliphatic carbocycles. The lowest BCUT2D eigenvalue weighted by Gasteiger charge is -2.11. The van der Waals surface area contributed by atoms with Crippen molar-refractivity contribution < 1.29 is 23.8 Å². The van der Waals surface area contributed by atoms with Gasteiger partial charge in [-0.15, -0.1) is 0 Å². The van der Waals surface area contributed by atoms with Crippen molar-refractivity contribution in [2.24, 2.45) is 0 Å². The molecular formula is C12H13NO5. The molecule has 0 fully saturated rings. The maximum atomic E-state index is 11.0. The summed E-state index contributed by atoms with van der Waals surface area (Å²) in [6, 6.07) is 4.76. The molecule has 2 rings (SSSR count). The highest BCUT2D eigenvalue weighted by atomic mass is 16.7. The number of benzene rings is 1. The van der Waals surface area contributed by atoms with E-state index >= 15 is 0 Å². The van der Waals surface area contributed by atoms with Gasteiger partial charge < -0.3 is 24.3 Å². The molecule has 0 spiro atoms. The van der Waals surface area contributed by atoms with Gasteiger partial charge in [0, 0.05) is 0 Å². The van der Waals surface area contributed by atoms with Crippen molar-refractivity contribution in [1.82, 2.24) is 5.32 Å². The number of hydrogen-bond donors (Lipinski definition) is 1. The second-order valence-electron chi connectivity index (χ2n) is 3.77. The van der Waals surface area contributed by atoms with Crippen LogP contribution in [-0.2, 0) is 16.0 Å². The number of amides is 1. The number of ether oxygens (including phenoxy) is 3. The minimum Gasteiger partial charge on any atom is -0.454 e. The lowest BCUT2D eigenvalue weighted by atomic mass is 10.1. The van der Waals surface area contributed by atoms with E-state index in [0.29, 0.717) is 24.2 Å². The van der Waals surface area contributed by atoms with Gasteiger partial charge in [0.15, 0.2) is 11.5 Å². The monoisotopic (exact) mass is 251 g/mol. The van der Waals surface area contributed by atoms with E-state index in [4.69, 9.17) is 9.47 Å². The van der Waals surface area contributed by atoms with Crippen LogP contribution in [0.3, 0.4) is 0 Å². The van der Waals surface area contributed by atoms with E-state index in [0.717, 1.165) is 5.56 Å². The molecule has 0 aromatic heterocycles. The highest BCUT2D eigenvalue weighted by molar-refractivity contribution is 5.73.